The number of halogens is 2. The maximum Gasteiger partial charge on any atom is 0.413 e. The van der Waals surface area contributed by atoms with Crippen molar-refractivity contribution < 1.29 is 14.3 Å². The maximum atomic E-state index is 13.6. The summed E-state index contributed by atoms with van der Waals surface area (Å²) in [6, 6.07) is 3.48. The molecule has 0 aliphatic carbocycles. The molecule has 3 N–H and O–H groups in total. The summed E-state index contributed by atoms with van der Waals surface area (Å²) in [7, 11) is 1.54. The molecule has 1 amide bonds. The lowest BCUT2D eigenvalue weighted by molar-refractivity contribution is 0.199. The first-order valence-corrected chi connectivity index (χ1v) is 8.12. The summed E-state index contributed by atoms with van der Waals surface area (Å²) in [6.45, 7) is 1.56. The molecular formula is C16H15ClFN7O2. The summed E-state index contributed by atoms with van der Waals surface area (Å²) < 4.78 is 14.9. The van der Waals surface area contributed by atoms with Crippen molar-refractivity contribution in [1.82, 2.24) is 25.0 Å². The molecule has 3 aromatic rings. The molecule has 0 saturated heterocycles. The summed E-state index contributed by atoms with van der Waals surface area (Å²) in [5.74, 6) is -0.484. The minimum Gasteiger partial charge on any atom is -0.465 e. The minimum absolute atomic E-state index is 0.00237. The molecule has 3 rings (SSSR count). The van der Waals surface area contributed by atoms with Crippen LogP contribution in [-0.2, 0) is 7.05 Å². The second-order valence-corrected chi connectivity index (χ2v) is 6.08. The van der Waals surface area contributed by atoms with Crippen LogP contribution in [0.1, 0.15) is 18.5 Å². The van der Waals surface area contributed by atoms with Crippen molar-refractivity contribution in [1.29, 1.82) is 0 Å². The molecule has 0 aromatic carbocycles. The number of carbonyl (C=O) groups is 1. The number of hydrogen-bond donors (Lipinski definition) is 2. The highest BCUT2D eigenvalue weighted by molar-refractivity contribution is 6.30. The van der Waals surface area contributed by atoms with Gasteiger partial charge in [-0.05, 0) is 25.1 Å². The fraction of sp³-hybridized carbons (Fsp3) is 0.188. The molecule has 0 aliphatic heterocycles. The number of anilines is 2. The molecule has 27 heavy (non-hydrogen) atoms. The first kappa shape index (κ1) is 18.5. The number of pyridine rings is 2. The number of hydrogen-bond acceptors (Lipinski definition) is 6. The summed E-state index contributed by atoms with van der Waals surface area (Å²) in [6.07, 6.45) is 1.08. The van der Waals surface area contributed by atoms with Gasteiger partial charge in [0, 0.05) is 12.6 Å². The number of carboxylic acid groups (broad SMARTS) is 1. The highest BCUT2D eigenvalue weighted by atomic mass is 35.5. The molecule has 11 heteroatoms. The van der Waals surface area contributed by atoms with Crippen LogP contribution in [0, 0.1) is 5.82 Å². The molecule has 0 unspecified atom stereocenters. The van der Waals surface area contributed by atoms with E-state index in [-0.39, 0.29) is 22.2 Å². The third-order valence-corrected chi connectivity index (χ3v) is 4.25. The smallest absolute Gasteiger partial charge is 0.413 e. The molecule has 0 spiro atoms. The predicted molar refractivity (Wildman–Crippen MR) is 96.8 cm³/mol. The van der Waals surface area contributed by atoms with Gasteiger partial charge >= 0.3 is 6.09 Å². The van der Waals surface area contributed by atoms with Gasteiger partial charge < -0.3 is 10.8 Å². The van der Waals surface area contributed by atoms with Crippen molar-refractivity contribution in [2.45, 2.75) is 13.0 Å². The molecule has 0 radical (unpaired) electrons. The molecule has 0 fully saturated rings. The second kappa shape index (κ2) is 7.16. The normalized spacial score (nSPS) is 12.0. The third kappa shape index (κ3) is 3.51. The highest BCUT2D eigenvalue weighted by Gasteiger charge is 2.31. The van der Waals surface area contributed by atoms with Crippen LogP contribution in [0.2, 0.25) is 5.15 Å². The van der Waals surface area contributed by atoms with Crippen molar-refractivity contribution in [2.24, 2.45) is 7.05 Å². The van der Waals surface area contributed by atoms with E-state index in [1.807, 2.05) is 0 Å². The van der Waals surface area contributed by atoms with Gasteiger partial charge in [0.15, 0.2) is 11.5 Å². The van der Waals surface area contributed by atoms with Gasteiger partial charge in [-0.2, -0.15) is 0 Å². The van der Waals surface area contributed by atoms with E-state index in [4.69, 9.17) is 17.3 Å². The van der Waals surface area contributed by atoms with E-state index in [9.17, 15) is 14.3 Å². The topological polar surface area (TPSA) is 123 Å². The number of rotatable bonds is 4. The predicted octanol–water partition coefficient (Wildman–Crippen LogP) is 2.89. The van der Waals surface area contributed by atoms with Gasteiger partial charge in [0.2, 0.25) is 0 Å². The van der Waals surface area contributed by atoms with Crippen LogP contribution in [0.25, 0.3) is 11.4 Å². The standard InChI is InChI=1S/C16H15ClFN7O2/c1-8(11-5-9(18)6-21-14(11)17)25(16(26)27)15-13(22-23-24(15)2)12-4-3-10(19)7-20-12/h3-8H,19H2,1-2H3,(H,26,27)/t8-/m1/s1. The van der Waals surface area contributed by atoms with Gasteiger partial charge in [0.05, 0.1) is 29.8 Å². The van der Waals surface area contributed by atoms with Crippen molar-refractivity contribution in [3.63, 3.8) is 0 Å². The number of nitrogens with two attached hydrogens (primary N) is 1. The number of nitrogens with zero attached hydrogens (tertiary/aromatic N) is 6. The minimum atomic E-state index is -1.30. The second-order valence-electron chi connectivity index (χ2n) is 5.72. The fourth-order valence-electron chi connectivity index (χ4n) is 2.64. The largest absolute Gasteiger partial charge is 0.465 e. The monoisotopic (exact) mass is 391 g/mol. The number of aryl methyl sites for hydroxylation is 1. The molecule has 1 atom stereocenters. The first-order valence-electron chi connectivity index (χ1n) is 7.74. The van der Waals surface area contributed by atoms with Crippen LogP contribution in [0.4, 0.5) is 20.7 Å². The Hall–Kier alpha value is -3.27. The zero-order valence-electron chi connectivity index (χ0n) is 14.3. The van der Waals surface area contributed by atoms with Crippen molar-refractivity contribution >= 4 is 29.2 Å². The Balaban J connectivity index is 2.14. The van der Waals surface area contributed by atoms with Gasteiger partial charge in [-0.15, -0.1) is 5.10 Å². The maximum absolute atomic E-state index is 13.6. The van der Waals surface area contributed by atoms with Gasteiger partial charge in [-0.25, -0.2) is 18.9 Å². The van der Waals surface area contributed by atoms with Crippen LogP contribution in [0.5, 0.6) is 0 Å². The van der Waals surface area contributed by atoms with E-state index >= 15 is 0 Å². The molecule has 3 aromatic heterocycles. The number of amides is 1. The molecular weight excluding hydrogens is 377 g/mol. The van der Waals surface area contributed by atoms with Gasteiger partial charge in [0.25, 0.3) is 0 Å². The van der Waals surface area contributed by atoms with E-state index < -0.39 is 18.0 Å². The highest BCUT2D eigenvalue weighted by Crippen LogP contribution is 2.35. The van der Waals surface area contributed by atoms with Gasteiger partial charge in [0.1, 0.15) is 11.0 Å². The molecule has 9 nitrogen and oxygen atoms in total. The van der Waals surface area contributed by atoms with E-state index in [0.29, 0.717) is 11.4 Å². The summed E-state index contributed by atoms with van der Waals surface area (Å²) in [5, 5.41) is 17.8. The average molecular weight is 392 g/mol. The zero-order chi connectivity index (χ0) is 19.7. The van der Waals surface area contributed by atoms with Crippen LogP contribution in [0.3, 0.4) is 0 Å². The summed E-state index contributed by atoms with van der Waals surface area (Å²) in [4.78, 5) is 21.0. The molecule has 0 bridgehead atoms. The van der Waals surface area contributed by atoms with Gasteiger partial charge in [-0.1, -0.05) is 16.8 Å². The molecule has 0 saturated carbocycles. The Kier molecular flexibility index (Phi) is 4.91. The van der Waals surface area contributed by atoms with E-state index in [1.165, 1.54) is 17.9 Å². The Bertz CT molecular complexity index is 993. The van der Waals surface area contributed by atoms with E-state index in [1.54, 1.807) is 19.1 Å². The SMILES string of the molecule is C[C@H](c1cc(F)cnc1Cl)N(C(=O)O)c1c(-c2ccc(N)cn2)nnn1C. The van der Waals surface area contributed by atoms with Crippen LogP contribution in [-0.4, -0.2) is 36.2 Å². The van der Waals surface area contributed by atoms with Crippen molar-refractivity contribution in [2.75, 3.05) is 10.6 Å². The average Bonchev–Trinajstić information content (AvgIpc) is 2.99. The summed E-state index contributed by atoms with van der Waals surface area (Å²) >= 11 is 6.05. The third-order valence-electron chi connectivity index (χ3n) is 3.93. The van der Waals surface area contributed by atoms with Crippen molar-refractivity contribution in [3.8, 4) is 11.4 Å². The lowest BCUT2D eigenvalue weighted by atomic mass is 10.1. The lowest BCUT2D eigenvalue weighted by Gasteiger charge is -2.27. The van der Waals surface area contributed by atoms with E-state index in [2.05, 4.69) is 20.3 Å². The van der Waals surface area contributed by atoms with Crippen LogP contribution >= 0.6 is 11.6 Å². The lowest BCUT2D eigenvalue weighted by Crippen LogP contribution is -2.34. The fourth-order valence-corrected chi connectivity index (χ4v) is 2.90. The number of aromatic nitrogens is 5. The Labute approximate surface area is 158 Å². The Morgan fingerprint density at radius 3 is 2.74 bits per heavy atom. The molecule has 3 heterocycles. The first-order chi connectivity index (χ1) is 12.8. The number of nitrogen functional groups attached to an aromatic ring is 1. The molecule has 0 aliphatic rings. The van der Waals surface area contributed by atoms with Crippen LogP contribution < -0.4 is 10.6 Å². The van der Waals surface area contributed by atoms with Crippen molar-refractivity contribution in [3.05, 3.63) is 47.1 Å². The Morgan fingerprint density at radius 1 is 1.37 bits per heavy atom. The Morgan fingerprint density at radius 2 is 2.11 bits per heavy atom. The summed E-state index contributed by atoms with van der Waals surface area (Å²) in [5.41, 5.74) is 6.91. The van der Waals surface area contributed by atoms with Crippen LogP contribution in [0.15, 0.2) is 30.6 Å². The quantitative estimate of drug-likeness (QED) is 0.655. The zero-order valence-corrected chi connectivity index (χ0v) is 15.1. The van der Waals surface area contributed by atoms with Gasteiger partial charge in [-0.3, -0.25) is 9.88 Å². The molecule has 140 valence electrons. The van der Waals surface area contributed by atoms with E-state index in [0.717, 1.165) is 17.2 Å².